The first-order chi connectivity index (χ1) is 7.31. The smallest absolute Gasteiger partial charge is 0.410 e. The molecule has 1 N–H and O–H groups in total. The zero-order valence-electron chi connectivity index (χ0n) is 10.4. The summed E-state index contributed by atoms with van der Waals surface area (Å²) in [7, 11) is 0. The van der Waals surface area contributed by atoms with Crippen molar-refractivity contribution in [3.05, 3.63) is 0 Å². The van der Waals surface area contributed by atoms with Crippen LogP contribution in [0.2, 0.25) is 0 Å². The summed E-state index contributed by atoms with van der Waals surface area (Å²) in [6, 6.07) is 0.342. The number of ether oxygens (including phenoxy) is 1. The number of carbonyl (C=O) groups excluding carboxylic acids is 1. The minimum absolute atomic E-state index is 0.169. The molecule has 0 aromatic carbocycles. The Morgan fingerprint density at radius 1 is 1.50 bits per heavy atom. The van der Waals surface area contributed by atoms with E-state index in [9.17, 15) is 4.79 Å². The highest BCUT2D eigenvalue weighted by atomic mass is 16.6. The second kappa shape index (κ2) is 6.35. The maximum absolute atomic E-state index is 11.6. The van der Waals surface area contributed by atoms with Gasteiger partial charge in [-0.3, -0.25) is 4.79 Å². The number of rotatable bonds is 0. The fourth-order valence-electron chi connectivity index (χ4n) is 1.53. The normalized spacial score (nSPS) is 19.8. The van der Waals surface area contributed by atoms with Crippen molar-refractivity contribution in [2.24, 2.45) is 0 Å². The maximum atomic E-state index is 11.6. The monoisotopic (exact) mass is 231 g/mol. The summed E-state index contributed by atoms with van der Waals surface area (Å²) in [4.78, 5) is 21.7. The third-order valence-electron chi connectivity index (χ3n) is 2.18. The average molecular weight is 231 g/mol. The van der Waals surface area contributed by atoms with Crippen LogP contribution in [0.1, 0.15) is 40.5 Å². The van der Waals surface area contributed by atoms with Gasteiger partial charge >= 0.3 is 6.09 Å². The number of nitrogens with zero attached hydrogens (tertiary/aromatic N) is 1. The summed E-state index contributed by atoms with van der Waals surface area (Å²) in [5.74, 6) is 0. The third-order valence-corrected chi connectivity index (χ3v) is 2.18. The van der Waals surface area contributed by atoms with E-state index in [0.717, 1.165) is 19.4 Å². The number of carboxylic acid groups (broad SMARTS) is 1. The van der Waals surface area contributed by atoms with Gasteiger partial charge in [-0.1, -0.05) is 0 Å². The summed E-state index contributed by atoms with van der Waals surface area (Å²) >= 11 is 0. The molecule has 0 saturated carbocycles. The topological polar surface area (TPSA) is 66.8 Å². The molecule has 0 aromatic heterocycles. The van der Waals surface area contributed by atoms with Crippen molar-refractivity contribution >= 4 is 12.6 Å². The molecule has 94 valence electrons. The predicted molar refractivity (Wildman–Crippen MR) is 60.3 cm³/mol. The zero-order chi connectivity index (χ0) is 12.8. The largest absolute Gasteiger partial charge is 0.483 e. The van der Waals surface area contributed by atoms with Crippen molar-refractivity contribution in [3.63, 3.8) is 0 Å². The molecule has 1 saturated heterocycles. The van der Waals surface area contributed by atoms with Crippen LogP contribution in [0.4, 0.5) is 4.79 Å². The van der Waals surface area contributed by atoms with Crippen LogP contribution in [-0.4, -0.2) is 40.8 Å². The van der Waals surface area contributed by atoms with Crippen LogP contribution in [0.3, 0.4) is 0 Å². The summed E-state index contributed by atoms with van der Waals surface area (Å²) in [6.07, 6.45) is 2.03. The number of hydrogen-bond acceptors (Lipinski definition) is 3. The molecular weight excluding hydrogens is 210 g/mol. The highest BCUT2D eigenvalue weighted by molar-refractivity contribution is 5.68. The Kier molecular flexibility index (Phi) is 5.85. The first-order valence-corrected chi connectivity index (χ1v) is 5.39. The molecule has 1 atom stereocenters. The van der Waals surface area contributed by atoms with E-state index >= 15 is 0 Å². The molecule has 5 heteroatoms. The Balaban J connectivity index is 0.000000673. The number of hydrogen-bond donors (Lipinski definition) is 1. The van der Waals surface area contributed by atoms with Crippen molar-refractivity contribution in [1.82, 2.24) is 4.90 Å². The fraction of sp³-hybridized carbons (Fsp3) is 0.818. The Hall–Kier alpha value is -1.26. The summed E-state index contributed by atoms with van der Waals surface area (Å²) in [6.45, 7) is 8.34. The average Bonchev–Trinajstić information content (AvgIpc) is 2.49. The summed E-state index contributed by atoms with van der Waals surface area (Å²) < 4.78 is 5.28. The van der Waals surface area contributed by atoms with Gasteiger partial charge in [-0.05, 0) is 40.5 Å². The van der Waals surface area contributed by atoms with Gasteiger partial charge in [-0.15, -0.1) is 0 Å². The van der Waals surface area contributed by atoms with Crippen molar-refractivity contribution in [2.75, 3.05) is 6.54 Å². The molecular formula is C11H21NO4. The van der Waals surface area contributed by atoms with Crippen LogP contribution in [-0.2, 0) is 9.53 Å². The molecule has 0 spiro atoms. The lowest BCUT2D eigenvalue weighted by Crippen LogP contribution is -2.38. The second-order valence-electron chi connectivity index (χ2n) is 4.77. The van der Waals surface area contributed by atoms with Gasteiger partial charge in [0.25, 0.3) is 6.47 Å². The van der Waals surface area contributed by atoms with Gasteiger partial charge in [0.1, 0.15) is 5.60 Å². The lowest BCUT2D eigenvalue weighted by Gasteiger charge is -2.26. The van der Waals surface area contributed by atoms with Gasteiger partial charge in [0.15, 0.2) is 0 Å². The molecule has 1 amide bonds. The van der Waals surface area contributed by atoms with Gasteiger partial charge in [0, 0.05) is 12.6 Å². The van der Waals surface area contributed by atoms with Crippen molar-refractivity contribution < 1.29 is 19.4 Å². The highest BCUT2D eigenvalue weighted by Crippen LogP contribution is 2.19. The maximum Gasteiger partial charge on any atom is 0.410 e. The highest BCUT2D eigenvalue weighted by Gasteiger charge is 2.28. The quantitative estimate of drug-likeness (QED) is 0.648. The predicted octanol–water partition coefficient (Wildman–Crippen LogP) is 2.11. The van der Waals surface area contributed by atoms with E-state index in [-0.39, 0.29) is 18.2 Å². The minimum Gasteiger partial charge on any atom is -0.483 e. The SMILES string of the molecule is C[C@@H]1CCCN1C(=O)OC(C)(C)C.O=CO. The van der Waals surface area contributed by atoms with E-state index in [0.29, 0.717) is 6.04 Å². The minimum atomic E-state index is -0.376. The molecule has 1 heterocycles. The summed E-state index contributed by atoms with van der Waals surface area (Å²) in [5, 5.41) is 6.89. The van der Waals surface area contributed by atoms with E-state index in [1.54, 1.807) is 0 Å². The second-order valence-corrected chi connectivity index (χ2v) is 4.77. The molecule has 0 bridgehead atoms. The van der Waals surface area contributed by atoms with Crippen LogP contribution in [0, 0.1) is 0 Å². The first-order valence-electron chi connectivity index (χ1n) is 5.39. The first kappa shape index (κ1) is 14.7. The van der Waals surface area contributed by atoms with Crippen LogP contribution in [0.5, 0.6) is 0 Å². The molecule has 0 unspecified atom stereocenters. The molecule has 5 nitrogen and oxygen atoms in total. The lowest BCUT2D eigenvalue weighted by molar-refractivity contribution is -0.122. The molecule has 1 aliphatic heterocycles. The standard InChI is InChI=1S/C10H19NO2.CH2O2/c1-8-6-5-7-11(8)9(12)13-10(2,3)4;2-1-3/h8H,5-7H2,1-4H3;1H,(H,2,3)/t8-;/m1./s1. The van der Waals surface area contributed by atoms with Crippen molar-refractivity contribution in [3.8, 4) is 0 Å². The Labute approximate surface area is 96.4 Å². The van der Waals surface area contributed by atoms with Gasteiger partial charge < -0.3 is 14.7 Å². The van der Waals surface area contributed by atoms with Crippen LogP contribution >= 0.6 is 0 Å². The van der Waals surface area contributed by atoms with Crippen LogP contribution < -0.4 is 0 Å². The van der Waals surface area contributed by atoms with Gasteiger partial charge in [-0.25, -0.2) is 4.79 Å². The van der Waals surface area contributed by atoms with E-state index < -0.39 is 0 Å². The zero-order valence-corrected chi connectivity index (χ0v) is 10.4. The molecule has 1 rings (SSSR count). The van der Waals surface area contributed by atoms with E-state index in [2.05, 4.69) is 6.92 Å². The van der Waals surface area contributed by atoms with Crippen molar-refractivity contribution in [2.45, 2.75) is 52.2 Å². The van der Waals surface area contributed by atoms with Crippen molar-refractivity contribution in [1.29, 1.82) is 0 Å². The number of amides is 1. The molecule has 1 aliphatic rings. The molecule has 0 radical (unpaired) electrons. The third kappa shape index (κ3) is 5.58. The van der Waals surface area contributed by atoms with Gasteiger partial charge in [0.05, 0.1) is 0 Å². The number of likely N-dealkylation sites (tertiary alicyclic amines) is 1. The lowest BCUT2D eigenvalue weighted by atomic mass is 10.2. The summed E-state index contributed by atoms with van der Waals surface area (Å²) in [5.41, 5.74) is -0.376. The Morgan fingerprint density at radius 3 is 2.31 bits per heavy atom. The fourth-order valence-corrected chi connectivity index (χ4v) is 1.53. The van der Waals surface area contributed by atoms with Gasteiger partial charge in [0.2, 0.25) is 0 Å². The Bertz CT molecular complexity index is 235. The van der Waals surface area contributed by atoms with E-state index in [1.165, 1.54) is 0 Å². The molecule has 0 aromatic rings. The Morgan fingerprint density at radius 2 is 2.00 bits per heavy atom. The van der Waals surface area contributed by atoms with Crippen LogP contribution in [0.15, 0.2) is 0 Å². The van der Waals surface area contributed by atoms with E-state index in [1.807, 2.05) is 25.7 Å². The molecule has 16 heavy (non-hydrogen) atoms. The number of carbonyl (C=O) groups is 2. The van der Waals surface area contributed by atoms with E-state index in [4.69, 9.17) is 14.6 Å². The van der Waals surface area contributed by atoms with Gasteiger partial charge in [-0.2, -0.15) is 0 Å². The molecule has 0 aliphatic carbocycles. The molecule has 1 fully saturated rings. The van der Waals surface area contributed by atoms with Crippen LogP contribution in [0.25, 0.3) is 0 Å².